The fraction of sp³-hybridized carbons (Fsp3) is 0.625. The van der Waals surface area contributed by atoms with Crippen molar-refractivity contribution in [2.75, 3.05) is 19.1 Å². The standard InChI is InChI=1S/C32H47NS/c1-4-25-23-30(28-16-19-31(33-2)20-17-28)18-21-32(25)29-14-12-27(13-15-29)26-10-8-24(9-11-26)7-5-6-22-34-3/h12-15,18,21,23-24,26,28,31,33H,4-11,16-17,19-20,22H2,1-3H3. The van der Waals surface area contributed by atoms with Crippen LogP contribution in [0.1, 0.15) is 106 Å². The first kappa shape index (κ1) is 25.8. The van der Waals surface area contributed by atoms with Crippen molar-refractivity contribution in [2.24, 2.45) is 5.92 Å². The molecule has 1 N–H and O–H groups in total. The highest BCUT2D eigenvalue weighted by molar-refractivity contribution is 7.98. The average molecular weight is 478 g/mol. The normalized spacial score (nSPS) is 25.4. The van der Waals surface area contributed by atoms with Gasteiger partial charge in [-0.05, 0) is 129 Å². The van der Waals surface area contributed by atoms with Crippen LogP contribution in [0, 0.1) is 5.92 Å². The smallest absolute Gasteiger partial charge is 0.00644 e. The number of benzene rings is 2. The van der Waals surface area contributed by atoms with Crippen LogP contribution < -0.4 is 5.32 Å². The summed E-state index contributed by atoms with van der Waals surface area (Å²) in [5.74, 6) is 3.84. The van der Waals surface area contributed by atoms with Crippen molar-refractivity contribution in [2.45, 2.75) is 102 Å². The lowest BCUT2D eigenvalue weighted by Crippen LogP contribution is -2.29. The highest BCUT2D eigenvalue weighted by Gasteiger charge is 2.23. The van der Waals surface area contributed by atoms with Crippen LogP contribution in [-0.2, 0) is 6.42 Å². The number of rotatable bonds is 10. The van der Waals surface area contributed by atoms with Gasteiger partial charge in [0.05, 0.1) is 0 Å². The molecule has 2 aliphatic carbocycles. The highest BCUT2D eigenvalue weighted by Crippen LogP contribution is 2.39. The summed E-state index contributed by atoms with van der Waals surface area (Å²) in [6.07, 6.45) is 18.5. The van der Waals surface area contributed by atoms with Gasteiger partial charge >= 0.3 is 0 Å². The maximum Gasteiger partial charge on any atom is 0.00644 e. The average Bonchev–Trinajstić information content (AvgIpc) is 2.91. The summed E-state index contributed by atoms with van der Waals surface area (Å²) in [6, 6.07) is 17.7. The first-order valence-corrected chi connectivity index (χ1v) is 15.5. The quantitative estimate of drug-likeness (QED) is 0.343. The van der Waals surface area contributed by atoms with Crippen molar-refractivity contribution in [3.05, 3.63) is 59.2 Å². The van der Waals surface area contributed by atoms with Crippen molar-refractivity contribution >= 4 is 11.8 Å². The molecule has 0 spiro atoms. The van der Waals surface area contributed by atoms with Crippen LogP contribution in [0.25, 0.3) is 11.1 Å². The number of unbranched alkanes of at least 4 members (excludes halogenated alkanes) is 1. The number of nitrogens with one attached hydrogen (secondary N) is 1. The van der Waals surface area contributed by atoms with Gasteiger partial charge in [0.1, 0.15) is 0 Å². The third-order valence-corrected chi connectivity index (χ3v) is 9.56. The zero-order valence-corrected chi connectivity index (χ0v) is 22.8. The fourth-order valence-corrected chi connectivity index (χ4v) is 7.05. The van der Waals surface area contributed by atoms with Crippen molar-refractivity contribution in [3.63, 3.8) is 0 Å². The molecule has 0 unspecified atom stereocenters. The van der Waals surface area contributed by atoms with Gasteiger partial charge in [-0.25, -0.2) is 0 Å². The minimum atomic E-state index is 0.722. The molecule has 186 valence electrons. The second-order valence-corrected chi connectivity index (χ2v) is 11.9. The Morgan fingerprint density at radius 1 is 0.794 bits per heavy atom. The maximum atomic E-state index is 3.47. The molecule has 0 amide bonds. The topological polar surface area (TPSA) is 12.0 Å². The molecule has 0 atom stereocenters. The van der Waals surface area contributed by atoms with E-state index in [4.69, 9.17) is 0 Å². The van der Waals surface area contributed by atoms with Gasteiger partial charge in [0.15, 0.2) is 0 Å². The molecule has 1 nitrogen and oxygen atoms in total. The zero-order valence-electron chi connectivity index (χ0n) is 22.0. The Bertz CT molecular complexity index is 857. The lowest BCUT2D eigenvalue weighted by Gasteiger charge is -2.29. The summed E-state index contributed by atoms with van der Waals surface area (Å²) in [7, 11) is 2.11. The van der Waals surface area contributed by atoms with Gasteiger partial charge in [-0.1, -0.05) is 62.2 Å². The minimum Gasteiger partial charge on any atom is -0.317 e. The number of aryl methyl sites for hydroxylation is 1. The van der Waals surface area contributed by atoms with E-state index in [1.807, 2.05) is 11.8 Å². The van der Waals surface area contributed by atoms with Gasteiger partial charge in [-0.15, -0.1) is 0 Å². The van der Waals surface area contributed by atoms with Crippen LogP contribution in [0.15, 0.2) is 42.5 Å². The molecule has 0 bridgehead atoms. The van der Waals surface area contributed by atoms with Crippen molar-refractivity contribution in [1.82, 2.24) is 5.32 Å². The Labute approximate surface area is 213 Å². The zero-order chi connectivity index (χ0) is 23.8. The molecule has 2 aliphatic rings. The predicted octanol–water partition coefficient (Wildman–Crippen LogP) is 8.97. The van der Waals surface area contributed by atoms with Crippen LogP contribution in [0.4, 0.5) is 0 Å². The van der Waals surface area contributed by atoms with Gasteiger partial charge in [-0.2, -0.15) is 11.8 Å². The Balaban J connectivity index is 1.35. The molecule has 34 heavy (non-hydrogen) atoms. The molecular weight excluding hydrogens is 430 g/mol. The van der Waals surface area contributed by atoms with Crippen molar-refractivity contribution in [3.8, 4) is 11.1 Å². The fourth-order valence-electron chi connectivity index (χ4n) is 6.56. The Kier molecular flexibility index (Phi) is 10.0. The van der Waals surface area contributed by atoms with Crippen LogP contribution in [0.2, 0.25) is 0 Å². The summed E-state index contributed by atoms with van der Waals surface area (Å²) in [5, 5.41) is 3.47. The minimum absolute atomic E-state index is 0.722. The van der Waals surface area contributed by atoms with E-state index in [0.29, 0.717) is 0 Å². The van der Waals surface area contributed by atoms with Crippen molar-refractivity contribution < 1.29 is 0 Å². The SMILES string of the molecule is CCc1cc(C2CCC(NC)CC2)ccc1-c1ccc(C2CCC(CCCCSC)CC2)cc1. The molecule has 2 heteroatoms. The van der Waals surface area contributed by atoms with E-state index in [2.05, 4.69) is 68.0 Å². The van der Waals surface area contributed by atoms with Crippen LogP contribution >= 0.6 is 11.8 Å². The molecule has 4 rings (SSSR count). The number of hydrogen-bond donors (Lipinski definition) is 1. The lowest BCUT2D eigenvalue weighted by atomic mass is 9.77. The molecule has 2 saturated carbocycles. The first-order chi connectivity index (χ1) is 16.7. The van der Waals surface area contributed by atoms with E-state index in [-0.39, 0.29) is 0 Å². The monoisotopic (exact) mass is 477 g/mol. The van der Waals surface area contributed by atoms with Crippen LogP contribution in [-0.4, -0.2) is 25.1 Å². The molecule has 0 aromatic heterocycles. The molecule has 2 aromatic rings. The van der Waals surface area contributed by atoms with E-state index in [9.17, 15) is 0 Å². The van der Waals surface area contributed by atoms with Gasteiger partial charge in [0.25, 0.3) is 0 Å². The van der Waals surface area contributed by atoms with E-state index >= 15 is 0 Å². The Morgan fingerprint density at radius 3 is 2.09 bits per heavy atom. The van der Waals surface area contributed by atoms with Crippen LogP contribution in [0.3, 0.4) is 0 Å². The Hall–Kier alpha value is -1.25. The van der Waals surface area contributed by atoms with E-state index in [1.165, 1.54) is 93.1 Å². The highest BCUT2D eigenvalue weighted by atomic mass is 32.2. The second-order valence-electron chi connectivity index (χ2n) is 10.9. The molecule has 2 fully saturated rings. The first-order valence-electron chi connectivity index (χ1n) is 14.1. The third kappa shape index (κ3) is 6.70. The summed E-state index contributed by atoms with van der Waals surface area (Å²) in [6.45, 7) is 2.31. The summed E-state index contributed by atoms with van der Waals surface area (Å²) in [4.78, 5) is 0. The number of thioether (sulfide) groups is 1. The molecule has 0 heterocycles. The molecule has 2 aromatic carbocycles. The Morgan fingerprint density at radius 2 is 1.44 bits per heavy atom. The van der Waals surface area contributed by atoms with E-state index < -0.39 is 0 Å². The molecule has 0 radical (unpaired) electrons. The van der Waals surface area contributed by atoms with Gasteiger partial charge in [0.2, 0.25) is 0 Å². The van der Waals surface area contributed by atoms with Gasteiger partial charge in [0, 0.05) is 6.04 Å². The predicted molar refractivity (Wildman–Crippen MR) is 152 cm³/mol. The lowest BCUT2D eigenvalue weighted by molar-refractivity contribution is 0.304. The molecule has 0 aliphatic heterocycles. The summed E-state index contributed by atoms with van der Waals surface area (Å²) >= 11 is 1.99. The molecular formula is C32H47NS. The number of hydrogen-bond acceptors (Lipinski definition) is 2. The van der Waals surface area contributed by atoms with E-state index in [0.717, 1.165) is 30.2 Å². The maximum absolute atomic E-state index is 3.47. The van der Waals surface area contributed by atoms with E-state index in [1.54, 1.807) is 11.1 Å². The molecule has 0 saturated heterocycles. The van der Waals surface area contributed by atoms with Gasteiger partial charge < -0.3 is 5.32 Å². The summed E-state index contributed by atoms with van der Waals surface area (Å²) in [5.41, 5.74) is 7.49. The van der Waals surface area contributed by atoms with Crippen molar-refractivity contribution in [1.29, 1.82) is 0 Å². The largest absolute Gasteiger partial charge is 0.317 e. The van der Waals surface area contributed by atoms with Crippen LogP contribution in [0.5, 0.6) is 0 Å². The second kappa shape index (κ2) is 13.2. The third-order valence-electron chi connectivity index (χ3n) is 8.87. The summed E-state index contributed by atoms with van der Waals surface area (Å²) < 4.78 is 0. The van der Waals surface area contributed by atoms with Gasteiger partial charge in [-0.3, -0.25) is 0 Å².